The number of nitrogens with zero attached hydrogens (tertiary/aromatic N) is 4. The fourth-order valence-electron chi connectivity index (χ4n) is 1.31. The highest BCUT2D eigenvalue weighted by Gasteiger charge is 2.08. The lowest BCUT2D eigenvalue weighted by Crippen LogP contribution is -1.95. The quantitative estimate of drug-likeness (QED) is 0.604. The number of fused-ring (bicyclic) bond motifs is 1. The predicted molar refractivity (Wildman–Crippen MR) is 45.5 cm³/mol. The summed E-state index contributed by atoms with van der Waals surface area (Å²) < 4.78 is 1.67. The van der Waals surface area contributed by atoms with E-state index < -0.39 is 0 Å². The SMILES string of the molecule is Cc1nn(C)c2nncc(N)c12. The summed E-state index contributed by atoms with van der Waals surface area (Å²) >= 11 is 0. The molecule has 2 aromatic rings. The van der Waals surface area contributed by atoms with E-state index in [-0.39, 0.29) is 0 Å². The van der Waals surface area contributed by atoms with Gasteiger partial charge in [-0.05, 0) is 6.92 Å². The minimum atomic E-state index is 0.630. The van der Waals surface area contributed by atoms with Crippen LogP contribution >= 0.6 is 0 Å². The highest BCUT2D eigenvalue weighted by atomic mass is 15.3. The normalized spacial score (nSPS) is 10.8. The van der Waals surface area contributed by atoms with Crippen LogP contribution in [-0.4, -0.2) is 20.0 Å². The molecule has 0 spiro atoms. The summed E-state index contributed by atoms with van der Waals surface area (Å²) in [5.74, 6) is 0. The van der Waals surface area contributed by atoms with Crippen LogP contribution in [0.3, 0.4) is 0 Å². The van der Waals surface area contributed by atoms with Crippen molar-refractivity contribution in [2.24, 2.45) is 7.05 Å². The van der Waals surface area contributed by atoms with Crippen molar-refractivity contribution >= 4 is 16.7 Å². The summed E-state index contributed by atoms with van der Waals surface area (Å²) in [6.07, 6.45) is 1.54. The molecule has 0 amide bonds. The summed E-state index contributed by atoms with van der Waals surface area (Å²) in [5.41, 5.74) is 7.96. The lowest BCUT2D eigenvalue weighted by Gasteiger charge is -1.93. The minimum Gasteiger partial charge on any atom is -0.397 e. The van der Waals surface area contributed by atoms with Crippen LogP contribution in [0, 0.1) is 6.92 Å². The Morgan fingerprint density at radius 1 is 1.50 bits per heavy atom. The Balaban J connectivity index is 2.99. The van der Waals surface area contributed by atoms with Crippen molar-refractivity contribution in [2.75, 3.05) is 5.73 Å². The number of rotatable bonds is 0. The Kier molecular flexibility index (Phi) is 1.27. The van der Waals surface area contributed by atoms with E-state index in [1.807, 2.05) is 14.0 Å². The molecule has 5 nitrogen and oxygen atoms in total. The first-order valence-corrected chi connectivity index (χ1v) is 3.60. The predicted octanol–water partition coefficient (Wildman–Crippen LogP) is 0.254. The van der Waals surface area contributed by atoms with E-state index >= 15 is 0 Å². The van der Waals surface area contributed by atoms with E-state index in [1.165, 1.54) is 6.20 Å². The third-order valence-electron chi connectivity index (χ3n) is 1.83. The second-order valence-corrected chi connectivity index (χ2v) is 2.71. The average Bonchev–Trinajstić information content (AvgIpc) is 2.29. The second kappa shape index (κ2) is 2.17. The highest BCUT2D eigenvalue weighted by Crippen LogP contribution is 2.19. The van der Waals surface area contributed by atoms with Crippen LogP contribution in [0.5, 0.6) is 0 Å². The van der Waals surface area contributed by atoms with Gasteiger partial charge in [0, 0.05) is 7.05 Å². The van der Waals surface area contributed by atoms with Gasteiger partial charge < -0.3 is 5.73 Å². The number of hydrogen-bond acceptors (Lipinski definition) is 4. The Morgan fingerprint density at radius 2 is 2.25 bits per heavy atom. The number of anilines is 1. The monoisotopic (exact) mass is 163 g/mol. The zero-order valence-electron chi connectivity index (χ0n) is 6.94. The summed E-state index contributed by atoms with van der Waals surface area (Å²) in [6.45, 7) is 1.90. The molecule has 2 rings (SSSR count). The standard InChI is InChI=1S/C7H9N5/c1-4-6-5(8)3-9-10-7(6)12(2)11-4/h3H,1-2H3,(H2,8,10). The largest absolute Gasteiger partial charge is 0.397 e. The lowest BCUT2D eigenvalue weighted by atomic mass is 10.3. The van der Waals surface area contributed by atoms with Crippen LogP contribution in [-0.2, 0) is 7.05 Å². The molecule has 0 aliphatic carbocycles. The molecule has 0 atom stereocenters. The van der Waals surface area contributed by atoms with Gasteiger partial charge >= 0.3 is 0 Å². The lowest BCUT2D eigenvalue weighted by molar-refractivity contribution is 0.766. The van der Waals surface area contributed by atoms with Crippen LogP contribution in [0.1, 0.15) is 5.69 Å². The molecule has 0 aromatic carbocycles. The maximum Gasteiger partial charge on any atom is 0.182 e. The molecule has 0 radical (unpaired) electrons. The third-order valence-corrected chi connectivity index (χ3v) is 1.83. The number of aryl methyl sites for hydroxylation is 2. The van der Waals surface area contributed by atoms with Crippen molar-refractivity contribution in [1.82, 2.24) is 20.0 Å². The van der Waals surface area contributed by atoms with Crippen molar-refractivity contribution in [3.63, 3.8) is 0 Å². The number of hydrogen-bond donors (Lipinski definition) is 1. The molecular formula is C7H9N5. The van der Waals surface area contributed by atoms with Crippen molar-refractivity contribution in [3.05, 3.63) is 11.9 Å². The Morgan fingerprint density at radius 3 is 2.92 bits per heavy atom. The molecule has 0 saturated carbocycles. The van der Waals surface area contributed by atoms with Crippen molar-refractivity contribution in [1.29, 1.82) is 0 Å². The molecule has 2 aromatic heterocycles. The molecule has 0 fully saturated rings. The van der Waals surface area contributed by atoms with Crippen molar-refractivity contribution in [3.8, 4) is 0 Å². The van der Waals surface area contributed by atoms with E-state index in [4.69, 9.17) is 5.73 Å². The van der Waals surface area contributed by atoms with E-state index in [1.54, 1.807) is 4.68 Å². The van der Waals surface area contributed by atoms with Gasteiger partial charge in [-0.3, -0.25) is 0 Å². The minimum absolute atomic E-state index is 0.630. The highest BCUT2D eigenvalue weighted by molar-refractivity contribution is 5.89. The molecular weight excluding hydrogens is 154 g/mol. The molecule has 5 heteroatoms. The van der Waals surface area contributed by atoms with Crippen molar-refractivity contribution in [2.45, 2.75) is 6.92 Å². The van der Waals surface area contributed by atoms with Crippen LogP contribution in [0.2, 0.25) is 0 Å². The average molecular weight is 163 g/mol. The summed E-state index contributed by atoms with van der Waals surface area (Å²) in [7, 11) is 1.82. The fraction of sp³-hybridized carbons (Fsp3) is 0.286. The fourth-order valence-corrected chi connectivity index (χ4v) is 1.31. The first-order valence-electron chi connectivity index (χ1n) is 3.60. The van der Waals surface area contributed by atoms with Gasteiger partial charge in [0.25, 0.3) is 0 Å². The molecule has 0 unspecified atom stereocenters. The zero-order valence-corrected chi connectivity index (χ0v) is 6.94. The topological polar surface area (TPSA) is 69.6 Å². The molecule has 2 N–H and O–H groups in total. The second-order valence-electron chi connectivity index (χ2n) is 2.71. The van der Waals surface area contributed by atoms with E-state index in [0.717, 1.165) is 16.7 Å². The van der Waals surface area contributed by atoms with Gasteiger partial charge in [-0.1, -0.05) is 0 Å². The summed E-state index contributed by atoms with van der Waals surface area (Å²) in [6, 6.07) is 0. The van der Waals surface area contributed by atoms with Gasteiger partial charge in [-0.2, -0.15) is 10.2 Å². The molecule has 2 heterocycles. The first-order chi connectivity index (χ1) is 5.70. The van der Waals surface area contributed by atoms with E-state index in [2.05, 4.69) is 15.3 Å². The molecule has 0 aliphatic heterocycles. The molecule has 0 bridgehead atoms. The molecule has 0 aliphatic rings. The number of nitrogens with two attached hydrogens (primary N) is 1. The van der Waals surface area contributed by atoms with E-state index in [0.29, 0.717) is 5.69 Å². The van der Waals surface area contributed by atoms with Crippen LogP contribution in [0.4, 0.5) is 5.69 Å². The van der Waals surface area contributed by atoms with Gasteiger partial charge in [0.15, 0.2) is 5.65 Å². The Bertz CT molecular complexity index is 431. The molecule has 12 heavy (non-hydrogen) atoms. The Labute approximate surface area is 69.2 Å². The summed E-state index contributed by atoms with van der Waals surface area (Å²) in [4.78, 5) is 0. The van der Waals surface area contributed by atoms with Crippen LogP contribution in [0.25, 0.3) is 11.0 Å². The number of aromatic nitrogens is 4. The van der Waals surface area contributed by atoms with Gasteiger partial charge in [0.05, 0.1) is 23.0 Å². The maximum absolute atomic E-state index is 5.71. The van der Waals surface area contributed by atoms with Gasteiger partial charge in [-0.15, -0.1) is 5.10 Å². The first kappa shape index (κ1) is 7.02. The molecule has 62 valence electrons. The third kappa shape index (κ3) is 0.761. The maximum atomic E-state index is 5.71. The smallest absolute Gasteiger partial charge is 0.182 e. The van der Waals surface area contributed by atoms with E-state index in [9.17, 15) is 0 Å². The van der Waals surface area contributed by atoms with Crippen LogP contribution in [0.15, 0.2) is 6.20 Å². The van der Waals surface area contributed by atoms with Gasteiger partial charge in [0.1, 0.15) is 0 Å². The van der Waals surface area contributed by atoms with Crippen LogP contribution < -0.4 is 5.73 Å². The van der Waals surface area contributed by atoms with Gasteiger partial charge in [-0.25, -0.2) is 4.68 Å². The number of nitrogen functional groups attached to an aromatic ring is 1. The zero-order chi connectivity index (χ0) is 8.72. The van der Waals surface area contributed by atoms with Crippen molar-refractivity contribution < 1.29 is 0 Å². The molecule has 0 saturated heterocycles. The summed E-state index contributed by atoms with van der Waals surface area (Å²) in [5, 5.41) is 12.8. The van der Waals surface area contributed by atoms with Gasteiger partial charge in [0.2, 0.25) is 0 Å². The Hall–Kier alpha value is -1.65.